The second kappa shape index (κ2) is 7.63. The van der Waals surface area contributed by atoms with Gasteiger partial charge >= 0.3 is 7.52 Å². The van der Waals surface area contributed by atoms with Crippen LogP contribution in [-0.2, 0) is 9.09 Å². The summed E-state index contributed by atoms with van der Waals surface area (Å²) in [5, 5.41) is 0. The highest BCUT2D eigenvalue weighted by molar-refractivity contribution is 7.56. The number of rotatable bonds is 4. The van der Waals surface area contributed by atoms with E-state index in [1.807, 2.05) is 73.7 Å². The average molecular weight is 395 g/mol. The van der Waals surface area contributed by atoms with Crippen molar-refractivity contribution in [2.24, 2.45) is 0 Å². The zero-order chi connectivity index (χ0) is 19.7. The Morgan fingerprint density at radius 1 is 0.929 bits per heavy atom. The Bertz CT molecular complexity index is 996. The van der Waals surface area contributed by atoms with E-state index in [2.05, 4.69) is 0 Å². The Kier molecular flexibility index (Phi) is 5.20. The molecule has 5 heteroatoms. The van der Waals surface area contributed by atoms with Gasteiger partial charge in [0.2, 0.25) is 5.91 Å². The van der Waals surface area contributed by atoms with Crippen LogP contribution in [-0.4, -0.2) is 17.8 Å². The summed E-state index contributed by atoms with van der Waals surface area (Å²) in [6.45, 7) is 1.92. The van der Waals surface area contributed by atoms with E-state index in [1.54, 1.807) is 29.9 Å². The summed E-state index contributed by atoms with van der Waals surface area (Å²) in [6.07, 6.45) is -0.424. The number of halogens is 1. The first-order valence-electron chi connectivity index (χ1n) is 9.36. The maximum absolute atomic E-state index is 15.6. The van der Waals surface area contributed by atoms with Crippen LogP contribution in [0.4, 0.5) is 4.39 Å². The number of likely N-dealkylation sites (N-methyl/N-ethyl adjacent to an activating group) is 1. The number of nitrogens with zero attached hydrogens (tertiary/aromatic N) is 1. The van der Waals surface area contributed by atoms with E-state index < -0.39 is 19.5 Å². The Balaban J connectivity index is 1.66. The molecule has 0 aliphatic carbocycles. The molecule has 1 fully saturated rings. The fourth-order valence-corrected chi connectivity index (χ4v) is 6.02. The fourth-order valence-electron chi connectivity index (χ4n) is 3.66. The minimum atomic E-state index is -3.70. The average Bonchev–Trinajstić information content (AvgIpc) is 3.00. The standard InChI is InChI=1S/C23H23FNO2P/c1-17-22(19-12-7-4-8-13-19)27-28(26,25(17)2)23(24)21-15-9-14-20(16-21)18-10-5-3-6-11-18/h3-17,22-23H,1-2H3/t17-,22-,23+,28?/m0/s1. The van der Waals surface area contributed by atoms with Crippen molar-refractivity contribution in [3.63, 3.8) is 0 Å². The van der Waals surface area contributed by atoms with Crippen LogP contribution >= 0.6 is 7.52 Å². The van der Waals surface area contributed by atoms with E-state index >= 15 is 4.39 Å². The Labute approximate surface area is 165 Å². The molecule has 0 spiro atoms. The van der Waals surface area contributed by atoms with Crippen molar-refractivity contribution in [3.05, 3.63) is 96.1 Å². The molecular formula is C23H23FNO2P. The fraction of sp³-hybridized carbons (Fsp3) is 0.217. The molecule has 3 nitrogen and oxygen atoms in total. The molecule has 144 valence electrons. The predicted molar refractivity (Wildman–Crippen MR) is 111 cm³/mol. The van der Waals surface area contributed by atoms with Crippen molar-refractivity contribution in [1.29, 1.82) is 0 Å². The third kappa shape index (κ3) is 3.33. The molecule has 1 unspecified atom stereocenters. The maximum Gasteiger partial charge on any atom is 0.311 e. The highest BCUT2D eigenvalue weighted by Crippen LogP contribution is 2.70. The summed E-state index contributed by atoms with van der Waals surface area (Å²) < 4.78 is 36.7. The van der Waals surface area contributed by atoms with E-state index in [4.69, 9.17) is 4.52 Å². The van der Waals surface area contributed by atoms with E-state index in [-0.39, 0.29) is 6.04 Å². The molecule has 1 heterocycles. The van der Waals surface area contributed by atoms with Crippen molar-refractivity contribution in [3.8, 4) is 11.1 Å². The summed E-state index contributed by atoms with van der Waals surface area (Å²) in [6, 6.07) is 26.3. The normalized spacial score (nSPS) is 26.2. The van der Waals surface area contributed by atoms with Gasteiger partial charge < -0.3 is 4.52 Å². The van der Waals surface area contributed by atoms with Crippen LogP contribution in [0.1, 0.15) is 30.1 Å². The Morgan fingerprint density at radius 2 is 1.54 bits per heavy atom. The lowest BCUT2D eigenvalue weighted by Gasteiger charge is -2.24. The quantitative estimate of drug-likeness (QED) is 0.466. The van der Waals surface area contributed by atoms with Gasteiger partial charge in [-0.2, -0.15) is 0 Å². The van der Waals surface area contributed by atoms with E-state index in [1.165, 1.54) is 0 Å². The first-order valence-corrected chi connectivity index (χ1v) is 11.0. The number of hydrogen-bond donors (Lipinski definition) is 0. The van der Waals surface area contributed by atoms with Crippen molar-refractivity contribution in [2.75, 3.05) is 7.05 Å². The molecule has 0 bridgehead atoms. The molecule has 0 saturated carbocycles. The van der Waals surface area contributed by atoms with Gasteiger partial charge in [-0.1, -0.05) is 78.9 Å². The van der Waals surface area contributed by atoms with Gasteiger partial charge in [-0.3, -0.25) is 4.57 Å². The lowest BCUT2D eigenvalue weighted by atomic mass is 10.0. The zero-order valence-electron chi connectivity index (χ0n) is 15.9. The van der Waals surface area contributed by atoms with Crippen LogP contribution in [0.5, 0.6) is 0 Å². The second-order valence-electron chi connectivity index (χ2n) is 7.14. The number of hydrogen-bond acceptors (Lipinski definition) is 2. The van der Waals surface area contributed by atoms with Gasteiger partial charge in [-0.05, 0) is 42.3 Å². The minimum Gasteiger partial charge on any atom is -0.305 e. The zero-order valence-corrected chi connectivity index (χ0v) is 16.8. The third-order valence-electron chi connectivity index (χ3n) is 5.42. The van der Waals surface area contributed by atoms with Crippen molar-refractivity contribution < 1.29 is 13.5 Å². The molecule has 0 amide bonds. The molecule has 1 aliphatic rings. The largest absolute Gasteiger partial charge is 0.311 e. The summed E-state index contributed by atoms with van der Waals surface area (Å²) in [5.41, 5.74) is 3.16. The number of alkyl halides is 1. The molecule has 0 aromatic heterocycles. The summed E-state index contributed by atoms with van der Waals surface area (Å²) >= 11 is 0. The lowest BCUT2D eigenvalue weighted by Crippen LogP contribution is -2.24. The van der Waals surface area contributed by atoms with Crippen LogP contribution in [0.15, 0.2) is 84.9 Å². The first-order chi connectivity index (χ1) is 13.5. The SMILES string of the molecule is C[C@H]1[C@@H](c2ccccc2)OP(=O)([C@@H](F)c2cccc(-c3ccccc3)c2)N1C. The first kappa shape index (κ1) is 19.1. The Hall–Kier alpha value is -2.26. The van der Waals surface area contributed by atoms with Crippen LogP contribution in [0.25, 0.3) is 11.1 Å². The van der Waals surface area contributed by atoms with Gasteiger partial charge in [0, 0.05) is 6.04 Å². The molecule has 4 atom stereocenters. The highest BCUT2D eigenvalue weighted by Gasteiger charge is 2.52. The molecule has 28 heavy (non-hydrogen) atoms. The van der Waals surface area contributed by atoms with Gasteiger partial charge in [0.25, 0.3) is 0 Å². The summed E-state index contributed by atoms with van der Waals surface area (Å²) in [4.78, 5) is 0. The smallest absolute Gasteiger partial charge is 0.305 e. The molecule has 1 aliphatic heterocycles. The predicted octanol–water partition coefficient (Wildman–Crippen LogP) is 6.61. The highest BCUT2D eigenvalue weighted by atomic mass is 31.2. The summed E-state index contributed by atoms with van der Waals surface area (Å²) in [7, 11) is -2.01. The molecule has 3 aromatic rings. The lowest BCUT2D eigenvalue weighted by molar-refractivity contribution is 0.203. The van der Waals surface area contributed by atoms with Crippen molar-refractivity contribution >= 4 is 7.52 Å². The Morgan fingerprint density at radius 3 is 2.21 bits per heavy atom. The van der Waals surface area contributed by atoms with Gasteiger partial charge in [0.05, 0.1) is 0 Å². The molecule has 4 rings (SSSR count). The van der Waals surface area contributed by atoms with Crippen LogP contribution in [0.3, 0.4) is 0 Å². The molecule has 1 saturated heterocycles. The molecule has 0 radical (unpaired) electrons. The summed E-state index contributed by atoms with van der Waals surface area (Å²) in [5.74, 6) is -1.71. The maximum atomic E-state index is 15.6. The molecular weight excluding hydrogens is 372 g/mol. The van der Waals surface area contributed by atoms with Gasteiger partial charge in [-0.15, -0.1) is 0 Å². The van der Waals surface area contributed by atoms with Gasteiger partial charge in [0.1, 0.15) is 6.10 Å². The van der Waals surface area contributed by atoms with Crippen LogP contribution in [0.2, 0.25) is 0 Å². The van der Waals surface area contributed by atoms with Crippen LogP contribution in [0, 0.1) is 0 Å². The van der Waals surface area contributed by atoms with E-state index in [0.717, 1.165) is 16.7 Å². The molecule has 0 N–H and O–H groups in total. The van der Waals surface area contributed by atoms with E-state index in [9.17, 15) is 4.57 Å². The number of benzene rings is 3. The molecule has 3 aromatic carbocycles. The second-order valence-corrected chi connectivity index (χ2v) is 9.57. The van der Waals surface area contributed by atoms with Crippen LogP contribution < -0.4 is 0 Å². The van der Waals surface area contributed by atoms with E-state index in [0.29, 0.717) is 5.56 Å². The van der Waals surface area contributed by atoms with Gasteiger partial charge in [-0.25, -0.2) is 9.06 Å². The third-order valence-corrected chi connectivity index (χ3v) is 8.06. The topological polar surface area (TPSA) is 29.5 Å². The van der Waals surface area contributed by atoms with Gasteiger partial charge in [0.15, 0.2) is 0 Å². The minimum absolute atomic E-state index is 0.191. The monoisotopic (exact) mass is 395 g/mol. The van der Waals surface area contributed by atoms with Crippen molar-refractivity contribution in [2.45, 2.75) is 25.0 Å². The van der Waals surface area contributed by atoms with Crippen molar-refractivity contribution in [1.82, 2.24) is 4.67 Å².